The van der Waals surface area contributed by atoms with Gasteiger partial charge in [-0.15, -0.1) is 0 Å². The van der Waals surface area contributed by atoms with E-state index in [1.807, 2.05) is 19.1 Å². The summed E-state index contributed by atoms with van der Waals surface area (Å²) in [5.41, 5.74) is 8.49. The smallest absolute Gasteiger partial charge is 0.330 e. The van der Waals surface area contributed by atoms with Gasteiger partial charge in [0.05, 0.1) is 6.61 Å². The van der Waals surface area contributed by atoms with Crippen LogP contribution in [0.3, 0.4) is 0 Å². The Hall–Kier alpha value is -2.35. The van der Waals surface area contributed by atoms with E-state index in [0.29, 0.717) is 6.61 Å². The lowest BCUT2D eigenvalue weighted by atomic mass is 9.62. The van der Waals surface area contributed by atoms with Crippen molar-refractivity contribution in [3.8, 4) is 0 Å². The Morgan fingerprint density at radius 3 is 2.33 bits per heavy atom. The van der Waals surface area contributed by atoms with Crippen molar-refractivity contribution in [2.45, 2.75) is 78.1 Å². The average molecular weight is 405 g/mol. The van der Waals surface area contributed by atoms with E-state index in [1.165, 1.54) is 46.7 Å². The van der Waals surface area contributed by atoms with Crippen molar-refractivity contribution in [3.63, 3.8) is 0 Å². The fourth-order valence-corrected chi connectivity index (χ4v) is 4.67. The number of rotatable bonds is 5. The zero-order valence-electron chi connectivity index (χ0n) is 19.6. The fourth-order valence-electron chi connectivity index (χ4n) is 4.67. The molecule has 1 unspecified atom stereocenters. The molecule has 0 amide bonds. The van der Waals surface area contributed by atoms with Gasteiger partial charge in [0.15, 0.2) is 0 Å². The first-order chi connectivity index (χ1) is 14.0. The molecule has 2 aromatic rings. The maximum atomic E-state index is 11.6. The van der Waals surface area contributed by atoms with Crippen molar-refractivity contribution in [1.82, 2.24) is 0 Å². The summed E-state index contributed by atoms with van der Waals surface area (Å²) in [5, 5.41) is 0. The molecule has 0 spiro atoms. The number of hydrogen-bond acceptors (Lipinski definition) is 2. The Balaban J connectivity index is 1.97. The molecule has 0 fully saturated rings. The molecule has 0 saturated heterocycles. The van der Waals surface area contributed by atoms with Gasteiger partial charge in [-0.3, -0.25) is 0 Å². The molecule has 0 aromatic heterocycles. The zero-order chi connectivity index (χ0) is 22.1. The topological polar surface area (TPSA) is 26.3 Å². The molecule has 0 N–H and O–H groups in total. The summed E-state index contributed by atoms with van der Waals surface area (Å²) in [6.07, 6.45) is 5.79. The fraction of sp³-hybridized carbons (Fsp3) is 0.464. The molecular formula is C28H36O2. The van der Waals surface area contributed by atoms with Gasteiger partial charge in [0.25, 0.3) is 0 Å². The van der Waals surface area contributed by atoms with E-state index in [1.54, 1.807) is 0 Å². The molecule has 2 heteroatoms. The van der Waals surface area contributed by atoms with Gasteiger partial charge in [-0.2, -0.15) is 0 Å². The van der Waals surface area contributed by atoms with Gasteiger partial charge in [-0.1, -0.05) is 71.0 Å². The van der Waals surface area contributed by atoms with Crippen LogP contribution in [0, 0.1) is 6.92 Å². The summed E-state index contributed by atoms with van der Waals surface area (Å²) in [6.45, 7) is 16.3. The molecule has 0 heterocycles. The maximum Gasteiger partial charge on any atom is 0.330 e. The lowest BCUT2D eigenvalue weighted by Crippen LogP contribution is -2.34. The van der Waals surface area contributed by atoms with E-state index < -0.39 is 0 Å². The second kappa shape index (κ2) is 8.41. The van der Waals surface area contributed by atoms with Crippen LogP contribution < -0.4 is 0 Å². The number of ether oxygens (including phenoxy) is 1. The van der Waals surface area contributed by atoms with Gasteiger partial charge in [-0.05, 0) is 77.0 Å². The third kappa shape index (κ3) is 4.53. The minimum atomic E-state index is -0.300. The van der Waals surface area contributed by atoms with Gasteiger partial charge in [0.1, 0.15) is 0 Å². The van der Waals surface area contributed by atoms with Crippen LogP contribution in [-0.2, 0) is 20.4 Å². The summed E-state index contributed by atoms with van der Waals surface area (Å²) in [7, 11) is 0. The summed E-state index contributed by atoms with van der Waals surface area (Å²) >= 11 is 0. The summed E-state index contributed by atoms with van der Waals surface area (Å²) < 4.78 is 4.99. The van der Waals surface area contributed by atoms with Crippen LogP contribution in [0.4, 0.5) is 0 Å². The Morgan fingerprint density at radius 2 is 1.70 bits per heavy atom. The second-order valence-corrected chi connectivity index (χ2v) is 10.00. The highest BCUT2D eigenvalue weighted by Crippen LogP contribution is 2.47. The highest BCUT2D eigenvalue weighted by atomic mass is 16.5. The normalized spacial score (nSPS) is 18.1. The molecule has 2 nitrogen and oxygen atoms in total. The third-order valence-corrected chi connectivity index (χ3v) is 6.82. The second-order valence-electron chi connectivity index (χ2n) is 10.00. The minimum Gasteiger partial charge on any atom is -0.463 e. The molecule has 1 atom stereocenters. The molecule has 0 saturated carbocycles. The Kier molecular flexibility index (Phi) is 6.26. The quantitative estimate of drug-likeness (QED) is 0.393. The average Bonchev–Trinajstić information content (AvgIpc) is 2.70. The van der Waals surface area contributed by atoms with Crippen molar-refractivity contribution in [1.29, 1.82) is 0 Å². The number of hydrogen-bond donors (Lipinski definition) is 0. The molecule has 3 rings (SSSR count). The molecule has 1 aliphatic carbocycles. The zero-order valence-corrected chi connectivity index (χ0v) is 19.6. The van der Waals surface area contributed by atoms with Crippen molar-refractivity contribution in [2.75, 3.05) is 6.61 Å². The predicted octanol–water partition coefficient (Wildman–Crippen LogP) is 7.07. The van der Waals surface area contributed by atoms with Gasteiger partial charge < -0.3 is 4.74 Å². The standard InChI is InChI=1S/C28H36O2/c1-8-30-26(29)13-12-21-10-9-11-22(17-21)20(3)23-18-25-24(16-19(23)2)27(4,5)14-15-28(25,6)7/h9-13,16-18,20H,8,14-15H2,1-7H3. The van der Waals surface area contributed by atoms with E-state index in [4.69, 9.17) is 4.74 Å². The number of benzene rings is 2. The SMILES string of the molecule is CCOC(=O)C=Cc1cccc(C(C)c2cc3c(cc2C)C(C)(C)CCC3(C)C)c1. The van der Waals surface area contributed by atoms with Crippen molar-refractivity contribution in [3.05, 3.63) is 75.9 Å². The lowest BCUT2D eigenvalue weighted by molar-refractivity contribution is -0.137. The van der Waals surface area contributed by atoms with Gasteiger partial charge in [0, 0.05) is 12.0 Å². The first kappa shape index (κ1) is 22.3. The van der Waals surface area contributed by atoms with Crippen LogP contribution in [-0.4, -0.2) is 12.6 Å². The molecule has 1 aliphatic rings. The number of carbonyl (C=O) groups excluding carboxylic acids is 1. The predicted molar refractivity (Wildman–Crippen MR) is 126 cm³/mol. The Labute approximate surface area is 182 Å². The molecule has 160 valence electrons. The number of aryl methyl sites for hydroxylation is 1. The van der Waals surface area contributed by atoms with E-state index >= 15 is 0 Å². The molecule has 0 radical (unpaired) electrons. The van der Waals surface area contributed by atoms with Crippen molar-refractivity contribution in [2.24, 2.45) is 0 Å². The number of carbonyl (C=O) groups is 1. The van der Waals surface area contributed by atoms with Crippen LogP contribution in [0.25, 0.3) is 6.08 Å². The summed E-state index contributed by atoms with van der Waals surface area (Å²) in [6, 6.07) is 13.4. The van der Waals surface area contributed by atoms with Crippen LogP contribution in [0.1, 0.15) is 93.7 Å². The van der Waals surface area contributed by atoms with Crippen LogP contribution >= 0.6 is 0 Å². The van der Waals surface area contributed by atoms with E-state index in [-0.39, 0.29) is 22.7 Å². The number of fused-ring (bicyclic) bond motifs is 1. The van der Waals surface area contributed by atoms with Crippen molar-refractivity contribution >= 4 is 12.0 Å². The first-order valence-corrected chi connectivity index (χ1v) is 11.2. The number of esters is 1. The monoisotopic (exact) mass is 404 g/mol. The Morgan fingerprint density at radius 1 is 1.07 bits per heavy atom. The third-order valence-electron chi connectivity index (χ3n) is 6.82. The van der Waals surface area contributed by atoms with E-state index in [0.717, 1.165) is 5.56 Å². The summed E-state index contributed by atoms with van der Waals surface area (Å²) in [5.74, 6) is -0.0154. The molecule has 0 aliphatic heterocycles. The maximum absolute atomic E-state index is 11.6. The lowest BCUT2D eigenvalue weighted by Gasteiger charge is -2.42. The van der Waals surface area contributed by atoms with Gasteiger partial charge >= 0.3 is 5.97 Å². The van der Waals surface area contributed by atoms with Crippen molar-refractivity contribution < 1.29 is 9.53 Å². The van der Waals surface area contributed by atoms with E-state index in [9.17, 15) is 4.79 Å². The highest BCUT2D eigenvalue weighted by molar-refractivity contribution is 5.87. The van der Waals surface area contributed by atoms with Crippen LogP contribution in [0.15, 0.2) is 42.5 Å². The first-order valence-electron chi connectivity index (χ1n) is 11.2. The molecule has 30 heavy (non-hydrogen) atoms. The van der Waals surface area contributed by atoms with Crippen LogP contribution in [0.5, 0.6) is 0 Å². The molecular weight excluding hydrogens is 368 g/mol. The van der Waals surface area contributed by atoms with E-state index in [2.05, 4.69) is 71.9 Å². The molecule has 2 aromatic carbocycles. The Bertz CT molecular complexity index is 963. The summed E-state index contributed by atoms with van der Waals surface area (Å²) in [4.78, 5) is 11.6. The van der Waals surface area contributed by atoms with Crippen LogP contribution in [0.2, 0.25) is 0 Å². The van der Waals surface area contributed by atoms with Gasteiger partial charge in [-0.25, -0.2) is 4.79 Å². The largest absolute Gasteiger partial charge is 0.463 e. The highest BCUT2D eigenvalue weighted by Gasteiger charge is 2.37. The minimum absolute atomic E-state index is 0.206. The molecule has 0 bridgehead atoms. The van der Waals surface area contributed by atoms with Gasteiger partial charge in [0.2, 0.25) is 0 Å².